The van der Waals surface area contributed by atoms with Crippen molar-refractivity contribution >= 4 is 39.7 Å². The van der Waals surface area contributed by atoms with E-state index in [2.05, 4.69) is 31.0 Å². The average molecular weight is 475 g/mol. The Morgan fingerprint density at radius 3 is 2.62 bits per heavy atom. The number of nitrogens with one attached hydrogen (secondary N) is 1. The average Bonchev–Trinajstić information content (AvgIpc) is 2.97. The molecule has 1 N–H and O–H groups in total. The van der Waals surface area contributed by atoms with Crippen molar-refractivity contribution in [1.82, 2.24) is 9.99 Å². The van der Waals surface area contributed by atoms with Crippen LogP contribution < -0.4 is 10.2 Å². The third kappa shape index (κ3) is 5.08. The highest BCUT2D eigenvalue weighted by Crippen LogP contribution is 2.30. The van der Waals surface area contributed by atoms with Gasteiger partial charge in [-0.15, -0.1) is 0 Å². The van der Waals surface area contributed by atoms with Gasteiger partial charge in [-0.2, -0.15) is 5.10 Å². The fourth-order valence-corrected chi connectivity index (χ4v) is 3.56. The molecule has 3 rings (SSSR count). The largest absolute Gasteiger partial charge is 0.495 e. The minimum atomic E-state index is -0.172. The number of hydrazone groups is 1. The van der Waals surface area contributed by atoms with Crippen molar-refractivity contribution < 1.29 is 9.53 Å². The molecule has 2 aromatic carbocycles. The van der Waals surface area contributed by atoms with Gasteiger partial charge in [-0.25, -0.2) is 5.43 Å². The Morgan fingerprint density at radius 2 is 1.93 bits per heavy atom. The monoisotopic (exact) mass is 473 g/mol. The number of methoxy groups -OCH3 is 1. The van der Waals surface area contributed by atoms with Crippen molar-refractivity contribution in [2.24, 2.45) is 5.10 Å². The van der Waals surface area contributed by atoms with Crippen molar-refractivity contribution in [3.05, 3.63) is 80.5 Å². The number of hydrogen-bond donors (Lipinski definition) is 1. The summed E-state index contributed by atoms with van der Waals surface area (Å²) in [5.74, 6) is 0.552. The number of benzene rings is 2. The molecular formula is C22H21BrClN3O2. The first-order chi connectivity index (χ1) is 13.9. The Labute approximate surface area is 183 Å². The van der Waals surface area contributed by atoms with Crippen LogP contribution in [-0.2, 0) is 11.2 Å². The molecule has 0 saturated carbocycles. The summed E-state index contributed by atoms with van der Waals surface area (Å²) in [4.78, 5) is 12.1. The van der Waals surface area contributed by atoms with E-state index in [1.54, 1.807) is 19.4 Å². The number of carbonyl (C=O) groups excluding carboxylic acids is 1. The molecule has 150 valence electrons. The zero-order valence-electron chi connectivity index (χ0n) is 16.4. The predicted molar refractivity (Wildman–Crippen MR) is 120 cm³/mol. The van der Waals surface area contributed by atoms with Crippen LogP contribution in [0.15, 0.2) is 58.1 Å². The molecule has 0 saturated heterocycles. The molecule has 0 aliphatic rings. The summed E-state index contributed by atoms with van der Waals surface area (Å²) in [7, 11) is 1.63. The highest BCUT2D eigenvalue weighted by Gasteiger charge is 2.14. The van der Waals surface area contributed by atoms with Gasteiger partial charge in [-0.1, -0.05) is 39.7 Å². The summed E-state index contributed by atoms with van der Waals surface area (Å²) in [5.41, 5.74) is 7.23. The molecule has 0 atom stereocenters. The number of hydrogen-bond acceptors (Lipinski definition) is 3. The van der Waals surface area contributed by atoms with Crippen LogP contribution in [0.2, 0.25) is 5.02 Å². The summed E-state index contributed by atoms with van der Waals surface area (Å²) in [5, 5.41) is 4.75. The molecule has 0 spiro atoms. The molecule has 29 heavy (non-hydrogen) atoms. The first-order valence-corrected chi connectivity index (χ1v) is 10.2. The maximum atomic E-state index is 12.1. The lowest BCUT2D eigenvalue weighted by Gasteiger charge is -2.14. The molecule has 5 nitrogen and oxygen atoms in total. The smallest absolute Gasteiger partial charge is 0.244 e. The topological polar surface area (TPSA) is 55.6 Å². The van der Waals surface area contributed by atoms with E-state index in [-0.39, 0.29) is 12.3 Å². The summed E-state index contributed by atoms with van der Waals surface area (Å²) >= 11 is 9.57. The van der Waals surface area contributed by atoms with E-state index < -0.39 is 0 Å². The van der Waals surface area contributed by atoms with Crippen LogP contribution in [0, 0.1) is 13.8 Å². The molecule has 0 aliphatic carbocycles. The Kier molecular flexibility index (Phi) is 6.77. The predicted octanol–water partition coefficient (Wildman–Crippen LogP) is 5.21. The SMILES string of the molecule is COc1ccc(Cl)cc1-n1c(C)cc(/C=N/NC(=O)Cc2ccc(Br)cc2)c1C. The van der Waals surface area contributed by atoms with Crippen molar-refractivity contribution in [2.75, 3.05) is 7.11 Å². The number of rotatable bonds is 6. The third-order valence-corrected chi connectivity index (χ3v) is 5.29. The number of aryl methyl sites for hydroxylation is 1. The molecule has 1 amide bonds. The molecule has 7 heteroatoms. The zero-order chi connectivity index (χ0) is 21.0. The molecule has 1 heterocycles. The second-order valence-corrected chi connectivity index (χ2v) is 7.93. The van der Waals surface area contributed by atoms with Crippen LogP contribution in [0.5, 0.6) is 5.75 Å². The van der Waals surface area contributed by atoms with Crippen LogP contribution in [0.4, 0.5) is 0 Å². The molecule has 3 aromatic rings. The molecule has 0 bridgehead atoms. The number of amides is 1. The van der Waals surface area contributed by atoms with Crippen molar-refractivity contribution in [1.29, 1.82) is 0 Å². The lowest BCUT2D eigenvalue weighted by molar-refractivity contribution is -0.120. The fourth-order valence-electron chi connectivity index (χ4n) is 3.13. The lowest BCUT2D eigenvalue weighted by atomic mass is 10.1. The van der Waals surface area contributed by atoms with Crippen molar-refractivity contribution in [2.45, 2.75) is 20.3 Å². The fraction of sp³-hybridized carbons (Fsp3) is 0.182. The number of halogens is 2. The quantitative estimate of drug-likeness (QED) is 0.394. The lowest BCUT2D eigenvalue weighted by Crippen LogP contribution is -2.19. The molecule has 0 radical (unpaired) electrons. The Hall–Kier alpha value is -2.57. The van der Waals surface area contributed by atoms with Crippen LogP contribution in [0.1, 0.15) is 22.5 Å². The van der Waals surface area contributed by atoms with Gasteiger partial charge in [0.2, 0.25) is 5.91 Å². The molecular weight excluding hydrogens is 454 g/mol. The van der Waals surface area contributed by atoms with Gasteiger partial charge in [0.05, 0.1) is 25.4 Å². The van der Waals surface area contributed by atoms with E-state index in [1.165, 1.54) is 0 Å². The van der Waals surface area contributed by atoms with E-state index in [0.717, 1.165) is 38.4 Å². The zero-order valence-corrected chi connectivity index (χ0v) is 18.7. The Morgan fingerprint density at radius 1 is 1.21 bits per heavy atom. The summed E-state index contributed by atoms with van der Waals surface area (Å²) in [6.07, 6.45) is 1.92. The van der Waals surface area contributed by atoms with Gasteiger partial charge in [0.1, 0.15) is 5.75 Å². The van der Waals surface area contributed by atoms with Gasteiger partial charge in [0.25, 0.3) is 0 Å². The van der Waals surface area contributed by atoms with Gasteiger partial charge < -0.3 is 9.30 Å². The molecule has 0 fully saturated rings. The standard InChI is InChI=1S/C22H21BrClN3O2/c1-14-10-17(13-25-26-22(28)11-16-4-6-18(23)7-5-16)15(2)27(14)20-12-19(24)8-9-21(20)29-3/h4-10,12-13H,11H2,1-3H3,(H,26,28)/b25-13+. The summed E-state index contributed by atoms with van der Waals surface area (Å²) < 4.78 is 8.51. The molecule has 0 aliphatic heterocycles. The summed E-state index contributed by atoms with van der Waals surface area (Å²) in [6, 6.07) is 15.1. The van der Waals surface area contributed by atoms with E-state index in [9.17, 15) is 4.79 Å². The van der Waals surface area contributed by atoms with Crippen LogP contribution in [-0.4, -0.2) is 23.8 Å². The first kappa shape index (κ1) is 21.1. The Balaban J connectivity index is 1.76. The minimum Gasteiger partial charge on any atom is -0.495 e. The van der Waals surface area contributed by atoms with Crippen molar-refractivity contribution in [3.8, 4) is 11.4 Å². The second-order valence-electron chi connectivity index (χ2n) is 6.57. The third-order valence-electron chi connectivity index (χ3n) is 4.52. The van der Waals surface area contributed by atoms with E-state index in [0.29, 0.717) is 5.02 Å². The number of nitrogens with zero attached hydrogens (tertiary/aromatic N) is 2. The van der Waals surface area contributed by atoms with Gasteiger partial charge >= 0.3 is 0 Å². The normalized spacial score (nSPS) is 11.1. The van der Waals surface area contributed by atoms with Crippen LogP contribution in [0.3, 0.4) is 0 Å². The minimum absolute atomic E-state index is 0.172. The van der Waals surface area contributed by atoms with Crippen LogP contribution in [0.25, 0.3) is 5.69 Å². The van der Waals surface area contributed by atoms with Gasteiger partial charge in [-0.3, -0.25) is 4.79 Å². The van der Waals surface area contributed by atoms with Gasteiger partial charge in [-0.05, 0) is 55.8 Å². The second kappa shape index (κ2) is 9.29. The van der Waals surface area contributed by atoms with E-state index in [4.69, 9.17) is 16.3 Å². The highest BCUT2D eigenvalue weighted by molar-refractivity contribution is 9.10. The maximum Gasteiger partial charge on any atom is 0.244 e. The van der Waals surface area contributed by atoms with E-state index in [1.807, 2.05) is 56.3 Å². The summed E-state index contributed by atoms with van der Waals surface area (Å²) in [6.45, 7) is 3.98. The molecule has 1 aromatic heterocycles. The number of carbonyl (C=O) groups is 1. The van der Waals surface area contributed by atoms with Gasteiger partial charge in [0.15, 0.2) is 0 Å². The Bertz CT molecular complexity index is 1060. The first-order valence-electron chi connectivity index (χ1n) is 8.98. The number of ether oxygens (including phenoxy) is 1. The van der Waals surface area contributed by atoms with Crippen molar-refractivity contribution in [3.63, 3.8) is 0 Å². The van der Waals surface area contributed by atoms with Gasteiger partial charge in [0, 0.05) is 26.4 Å². The number of aromatic nitrogens is 1. The van der Waals surface area contributed by atoms with E-state index >= 15 is 0 Å². The maximum absolute atomic E-state index is 12.1. The highest BCUT2D eigenvalue weighted by atomic mass is 79.9. The van der Waals surface area contributed by atoms with Crippen LogP contribution >= 0.6 is 27.5 Å². The molecule has 0 unspecified atom stereocenters.